The lowest BCUT2D eigenvalue weighted by molar-refractivity contribution is -0.123. The van der Waals surface area contributed by atoms with Crippen LogP contribution in [0.2, 0.25) is 0 Å². The van der Waals surface area contributed by atoms with Crippen molar-refractivity contribution in [2.75, 3.05) is 6.61 Å². The first-order valence-electron chi connectivity index (χ1n) is 18.2. The van der Waals surface area contributed by atoms with Crippen molar-refractivity contribution < 1.29 is 15.0 Å². The fourth-order valence-electron chi connectivity index (χ4n) is 5.77. The molecule has 0 aromatic carbocycles. The summed E-state index contributed by atoms with van der Waals surface area (Å²) in [7, 11) is 0. The zero-order valence-corrected chi connectivity index (χ0v) is 27.4. The van der Waals surface area contributed by atoms with Crippen LogP contribution in [0.15, 0.2) is 0 Å². The molecule has 2 unspecified atom stereocenters. The molecule has 2 atom stereocenters. The van der Waals surface area contributed by atoms with Gasteiger partial charge < -0.3 is 15.5 Å². The fraction of sp³-hybridized carbons (Fsp3) is 0.972. The molecule has 0 fully saturated rings. The second kappa shape index (κ2) is 32.9. The zero-order chi connectivity index (χ0) is 29.4. The van der Waals surface area contributed by atoms with Crippen LogP contribution in [0.1, 0.15) is 206 Å². The van der Waals surface area contributed by atoms with Crippen molar-refractivity contribution in [3.05, 3.63) is 0 Å². The summed E-state index contributed by atoms with van der Waals surface area (Å²) in [6.07, 6.45) is 37.7. The maximum Gasteiger partial charge on any atom is 0.220 e. The fourth-order valence-corrected chi connectivity index (χ4v) is 5.77. The van der Waals surface area contributed by atoms with Crippen LogP contribution < -0.4 is 5.32 Å². The monoisotopic (exact) mass is 568 g/mol. The first kappa shape index (κ1) is 39.4. The Morgan fingerprint density at radius 3 is 1.12 bits per heavy atom. The molecule has 0 saturated heterocycles. The van der Waals surface area contributed by atoms with Gasteiger partial charge in [0.1, 0.15) is 0 Å². The van der Waals surface area contributed by atoms with Gasteiger partial charge in [0.2, 0.25) is 5.91 Å². The molecule has 0 aromatic rings. The van der Waals surface area contributed by atoms with Crippen LogP contribution in [0.4, 0.5) is 0 Å². The Morgan fingerprint density at radius 2 is 0.800 bits per heavy atom. The van der Waals surface area contributed by atoms with Crippen LogP contribution in [0.25, 0.3) is 0 Å². The summed E-state index contributed by atoms with van der Waals surface area (Å²) in [5.74, 6) is -0.0346. The van der Waals surface area contributed by atoms with Crippen molar-refractivity contribution in [1.82, 2.24) is 5.32 Å². The number of hydrogen-bond donors (Lipinski definition) is 3. The number of carbonyl (C=O) groups excluding carboxylic acids is 1. The first-order chi connectivity index (χ1) is 19.7. The summed E-state index contributed by atoms with van der Waals surface area (Å²) in [5, 5.41) is 22.7. The van der Waals surface area contributed by atoms with E-state index in [-0.39, 0.29) is 12.5 Å². The van der Waals surface area contributed by atoms with Crippen LogP contribution >= 0.6 is 0 Å². The van der Waals surface area contributed by atoms with Crippen molar-refractivity contribution in [1.29, 1.82) is 0 Å². The van der Waals surface area contributed by atoms with E-state index in [1.807, 2.05) is 0 Å². The normalized spacial score (nSPS) is 13.0. The number of aliphatic hydroxyl groups excluding tert-OH is 2. The van der Waals surface area contributed by atoms with E-state index in [4.69, 9.17) is 0 Å². The first-order valence-corrected chi connectivity index (χ1v) is 18.2. The molecule has 4 nitrogen and oxygen atoms in total. The topological polar surface area (TPSA) is 69.6 Å². The van der Waals surface area contributed by atoms with Crippen LogP contribution in [0.3, 0.4) is 0 Å². The van der Waals surface area contributed by atoms with Gasteiger partial charge in [-0.3, -0.25) is 4.79 Å². The van der Waals surface area contributed by atoms with Crippen LogP contribution in [0.5, 0.6) is 0 Å². The largest absolute Gasteiger partial charge is 0.394 e. The summed E-state index contributed by atoms with van der Waals surface area (Å²) in [4.78, 5) is 12.2. The van der Waals surface area contributed by atoms with E-state index in [0.29, 0.717) is 12.8 Å². The molecular weight excluding hydrogens is 494 g/mol. The van der Waals surface area contributed by atoms with Gasteiger partial charge in [-0.15, -0.1) is 0 Å². The summed E-state index contributed by atoms with van der Waals surface area (Å²) in [6, 6.07) is -0.525. The Labute approximate surface area is 251 Å². The minimum Gasteiger partial charge on any atom is -0.394 e. The van der Waals surface area contributed by atoms with Crippen molar-refractivity contribution in [3.63, 3.8) is 0 Å². The molecule has 240 valence electrons. The molecule has 40 heavy (non-hydrogen) atoms. The summed E-state index contributed by atoms with van der Waals surface area (Å²) < 4.78 is 0. The van der Waals surface area contributed by atoms with Crippen LogP contribution in [-0.4, -0.2) is 34.9 Å². The van der Waals surface area contributed by atoms with Gasteiger partial charge in [0, 0.05) is 6.42 Å². The van der Waals surface area contributed by atoms with Gasteiger partial charge in [0.25, 0.3) is 0 Å². The lowest BCUT2D eigenvalue weighted by atomic mass is 10.0. The summed E-state index contributed by atoms with van der Waals surface area (Å²) in [6.45, 7) is 4.29. The Hall–Kier alpha value is -0.610. The van der Waals surface area contributed by atoms with Crippen molar-refractivity contribution in [2.24, 2.45) is 0 Å². The smallest absolute Gasteiger partial charge is 0.220 e. The third-order valence-electron chi connectivity index (χ3n) is 8.62. The van der Waals surface area contributed by atoms with E-state index in [0.717, 1.165) is 25.7 Å². The molecule has 0 heterocycles. The number of amides is 1. The Balaban J connectivity index is 3.36. The average Bonchev–Trinajstić information content (AvgIpc) is 2.96. The van der Waals surface area contributed by atoms with E-state index in [1.54, 1.807) is 0 Å². The van der Waals surface area contributed by atoms with Gasteiger partial charge in [-0.25, -0.2) is 0 Å². The molecule has 1 amide bonds. The Morgan fingerprint density at radius 1 is 0.500 bits per heavy atom. The summed E-state index contributed by atoms with van der Waals surface area (Å²) in [5.41, 5.74) is 0. The van der Waals surface area contributed by atoms with Gasteiger partial charge in [-0.1, -0.05) is 187 Å². The maximum atomic E-state index is 12.2. The third-order valence-corrected chi connectivity index (χ3v) is 8.62. The molecule has 4 heteroatoms. The Bertz CT molecular complexity index is 498. The lowest BCUT2D eigenvalue weighted by Gasteiger charge is -2.22. The molecule has 0 aliphatic rings. The third kappa shape index (κ3) is 28.9. The van der Waals surface area contributed by atoms with Gasteiger partial charge in [0.05, 0.1) is 18.8 Å². The molecule has 0 spiro atoms. The summed E-state index contributed by atoms with van der Waals surface area (Å²) >= 11 is 0. The van der Waals surface area contributed by atoms with Gasteiger partial charge >= 0.3 is 0 Å². The number of hydrogen-bond acceptors (Lipinski definition) is 3. The highest BCUT2D eigenvalue weighted by Gasteiger charge is 2.19. The quantitative estimate of drug-likeness (QED) is 0.0691. The van der Waals surface area contributed by atoms with Crippen molar-refractivity contribution >= 4 is 5.91 Å². The number of carbonyl (C=O) groups is 1. The van der Waals surface area contributed by atoms with Crippen molar-refractivity contribution in [3.8, 4) is 0 Å². The van der Waals surface area contributed by atoms with E-state index >= 15 is 0 Å². The molecule has 0 radical (unpaired) electrons. The van der Waals surface area contributed by atoms with E-state index in [1.165, 1.54) is 154 Å². The standard InChI is InChI=1S/C36H73NO3/c1-3-5-7-9-10-11-12-13-14-15-16-17-18-19-20-21-22-23-24-25-26-28-30-32-36(40)37-34(33-38)35(39)31-29-27-8-6-4-2/h34-35,38-39H,3-33H2,1-2H3,(H,37,40). The molecule has 0 aliphatic carbocycles. The highest BCUT2D eigenvalue weighted by molar-refractivity contribution is 5.76. The van der Waals surface area contributed by atoms with Gasteiger partial charge in [-0.05, 0) is 12.8 Å². The average molecular weight is 568 g/mol. The molecule has 0 bridgehead atoms. The van der Waals surface area contributed by atoms with Gasteiger partial charge in [0.15, 0.2) is 0 Å². The Kier molecular flexibility index (Phi) is 32.4. The molecule has 0 saturated carbocycles. The predicted molar refractivity (Wildman–Crippen MR) is 175 cm³/mol. The second-order valence-electron chi connectivity index (χ2n) is 12.7. The molecule has 0 aromatic heterocycles. The van der Waals surface area contributed by atoms with Crippen LogP contribution in [0, 0.1) is 0 Å². The molecule has 0 aliphatic heterocycles. The van der Waals surface area contributed by atoms with Crippen molar-refractivity contribution in [2.45, 2.75) is 219 Å². The second-order valence-corrected chi connectivity index (χ2v) is 12.7. The number of aliphatic hydroxyl groups is 2. The molecule has 0 rings (SSSR count). The number of rotatable bonds is 33. The highest BCUT2D eigenvalue weighted by Crippen LogP contribution is 2.16. The minimum absolute atomic E-state index is 0.0346. The molecular formula is C36H73NO3. The van der Waals surface area contributed by atoms with E-state index in [2.05, 4.69) is 19.2 Å². The number of unbranched alkanes of at least 4 members (excludes halogenated alkanes) is 26. The van der Waals surface area contributed by atoms with Gasteiger partial charge in [-0.2, -0.15) is 0 Å². The minimum atomic E-state index is -0.648. The van der Waals surface area contributed by atoms with E-state index < -0.39 is 12.1 Å². The maximum absolute atomic E-state index is 12.2. The predicted octanol–water partition coefficient (Wildman–Crippen LogP) is 10.6. The SMILES string of the molecule is CCCCCCCCCCCCCCCCCCCCCCCCCC(=O)NC(CO)C(O)CCCCCCC. The molecule has 3 N–H and O–H groups in total. The number of nitrogens with one attached hydrogen (secondary N) is 1. The highest BCUT2D eigenvalue weighted by atomic mass is 16.3. The lowest BCUT2D eigenvalue weighted by Crippen LogP contribution is -2.45. The zero-order valence-electron chi connectivity index (χ0n) is 27.4. The van der Waals surface area contributed by atoms with E-state index in [9.17, 15) is 15.0 Å². The van der Waals surface area contributed by atoms with Crippen LogP contribution in [-0.2, 0) is 4.79 Å².